The quantitative estimate of drug-likeness (QED) is 0.787. The molecule has 0 spiro atoms. The van der Waals surface area contributed by atoms with Gasteiger partial charge in [-0.2, -0.15) is 0 Å². The molecule has 1 aromatic rings. The summed E-state index contributed by atoms with van der Waals surface area (Å²) in [5.41, 5.74) is 0.372. The first-order valence-corrected chi connectivity index (χ1v) is 9.44. The third-order valence-electron chi connectivity index (χ3n) is 7.07. The van der Waals surface area contributed by atoms with Gasteiger partial charge in [0.15, 0.2) is 5.76 Å². The van der Waals surface area contributed by atoms with Gasteiger partial charge in [0, 0.05) is 6.54 Å². The number of nitrogens with zero attached hydrogens (tertiary/aromatic N) is 1. The molecule has 136 valence electrons. The minimum absolute atomic E-state index is 0.00885. The number of hydrogen-bond donors (Lipinski definition) is 0. The van der Waals surface area contributed by atoms with Crippen LogP contribution in [0.2, 0.25) is 0 Å². The first-order chi connectivity index (χ1) is 11.9. The van der Waals surface area contributed by atoms with E-state index in [1.165, 1.54) is 12.7 Å². The maximum absolute atomic E-state index is 12.8. The molecule has 2 bridgehead atoms. The molecule has 5 nitrogen and oxygen atoms in total. The van der Waals surface area contributed by atoms with Crippen LogP contribution in [0.1, 0.15) is 57.0 Å². The summed E-state index contributed by atoms with van der Waals surface area (Å²) in [4.78, 5) is 26.9. The highest BCUT2D eigenvalue weighted by Gasteiger charge is 2.57. The lowest BCUT2D eigenvalue weighted by Crippen LogP contribution is -2.58. The predicted octanol–water partition coefficient (Wildman–Crippen LogP) is 3.50. The van der Waals surface area contributed by atoms with E-state index in [9.17, 15) is 9.59 Å². The van der Waals surface area contributed by atoms with Gasteiger partial charge in [-0.15, -0.1) is 0 Å². The molecule has 0 N–H and O–H groups in total. The molecule has 5 heteroatoms. The number of amides is 1. The first-order valence-electron chi connectivity index (χ1n) is 9.44. The second-order valence-corrected chi connectivity index (χ2v) is 8.56. The number of carbonyl (C=O) groups is 2. The van der Waals surface area contributed by atoms with Crippen LogP contribution >= 0.6 is 0 Å². The molecule has 1 amide bonds. The van der Waals surface area contributed by atoms with Crippen molar-refractivity contribution in [1.82, 2.24) is 4.90 Å². The Bertz CT molecular complexity index is 665. The molecule has 2 heterocycles. The molecule has 3 aliphatic carbocycles. The Morgan fingerprint density at radius 1 is 1.32 bits per heavy atom. The summed E-state index contributed by atoms with van der Waals surface area (Å²) in [6.45, 7) is 7.46. The molecule has 3 saturated carbocycles. The lowest BCUT2D eigenvalue weighted by Gasteiger charge is -2.61. The molecular formula is C20H27NO4. The topological polar surface area (TPSA) is 59.8 Å². The van der Waals surface area contributed by atoms with Gasteiger partial charge in [-0.25, -0.2) is 4.79 Å². The fraction of sp³-hybridized carbons (Fsp3) is 0.700. The van der Waals surface area contributed by atoms with Crippen molar-refractivity contribution in [2.24, 2.45) is 23.2 Å². The van der Waals surface area contributed by atoms with Gasteiger partial charge in [-0.05, 0) is 61.0 Å². The molecule has 0 aromatic carbocycles. The lowest BCUT2D eigenvalue weighted by molar-refractivity contribution is -0.189. The van der Waals surface area contributed by atoms with Crippen LogP contribution in [0.3, 0.4) is 0 Å². The molecule has 1 aromatic heterocycles. The number of esters is 1. The van der Waals surface area contributed by atoms with E-state index in [4.69, 9.17) is 9.15 Å². The van der Waals surface area contributed by atoms with Crippen molar-refractivity contribution in [2.75, 3.05) is 6.54 Å². The zero-order chi connectivity index (χ0) is 17.8. The van der Waals surface area contributed by atoms with E-state index in [0.717, 1.165) is 12.8 Å². The molecule has 4 fully saturated rings. The summed E-state index contributed by atoms with van der Waals surface area (Å²) in [5, 5.41) is 0. The molecule has 1 aliphatic heterocycles. The van der Waals surface area contributed by atoms with Crippen molar-refractivity contribution in [3.8, 4) is 0 Å². The zero-order valence-electron chi connectivity index (χ0n) is 15.2. The maximum atomic E-state index is 12.8. The fourth-order valence-electron chi connectivity index (χ4n) is 5.28. The number of ether oxygens (including phenoxy) is 1. The van der Waals surface area contributed by atoms with Crippen molar-refractivity contribution in [1.29, 1.82) is 0 Å². The highest BCUT2D eigenvalue weighted by atomic mass is 16.5. The van der Waals surface area contributed by atoms with E-state index in [-0.39, 0.29) is 23.7 Å². The number of fused-ring (bicyclic) bond motifs is 2. The van der Waals surface area contributed by atoms with Gasteiger partial charge in [0.2, 0.25) is 0 Å². The van der Waals surface area contributed by atoms with Crippen LogP contribution in [-0.2, 0) is 9.53 Å². The van der Waals surface area contributed by atoms with Crippen molar-refractivity contribution in [3.63, 3.8) is 0 Å². The average molecular weight is 345 g/mol. The largest absolute Gasteiger partial charge is 0.461 e. The van der Waals surface area contributed by atoms with Crippen LogP contribution in [0.5, 0.6) is 0 Å². The first kappa shape index (κ1) is 16.7. The van der Waals surface area contributed by atoms with Gasteiger partial charge < -0.3 is 14.1 Å². The third-order valence-corrected chi connectivity index (χ3v) is 7.07. The number of likely N-dealkylation sites (tertiary alicyclic amines) is 1. The zero-order valence-corrected chi connectivity index (χ0v) is 15.2. The monoisotopic (exact) mass is 345 g/mol. The van der Waals surface area contributed by atoms with Crippen LogP contribution in [0.25, 0.3) is 0 Å². The van der Waals surface area contributed by atoms with Crippen LogP contribution in [0, 0.1) is 23.2 Å². The standard InChI is InChI=1S/C20H27NO4/c1-12-14-10-13(20(14,2)3)11-17(12)25-19(23)15-6-4-8-21(15)18(22)16-7-5-9-24-16/h5,7,9,12-15,17H,4,6,8,10-11H2,1-3H3/t12-,13+,14+,15-,17+/m0/s1. The summed E-state index contributed by atoms with van der Waals surface area (Å²) >= 11 is 0. The van der Waals surface area contributed by atoms with Crippen molar-refractivity contribution < 1.29 is 18.7 Å². The Labute approximate surface area is 148 Å². The Hall–Kier alpha value is -1.78. The van der Waals surface area contributed by atoms with E-state index in [0.29, 0.717) is 36.1 Å². The van der Waals surface area contributed by atoms with Crippen LogP contribution < -0.4 is 0 Å². The average Bonchev–Trinajstić information content (AvgIpc) is 3.27. The third kappa shape index (κ3) is 2.59. The van der Waals surface area contributed by atoms with Crippen LogP contribution in [0.4, 0.5) is 0 Å². The molecule has 0 radical (unpaired) electrons. The predicted molar refractivity (Wildman–Crippen MR) is 91.8 cm³/mol. The molecule has 5 atom stereocenters. The van der Waals surface area contributed by atoms with Gasteiger partial charge in [0.05, 0.1) is 6.26 Å². The van der Waals surface area contributed by atoms with Crippen LogP contribution in [0.15, 0.2) is 22.8 Å². The smallest absolute Gasteiger partial charge is 0.329 e. The maximum Gasteiger partial charge on any atom is 0.329 e. The Kier molecular flexibility index (Phi) is 3.93. The van der Waals surface area contributed by atoms with E-state index in [1.807, 2.05) is 0 Å². The van der Waals surface area contributed by atoms with Gasteiger partial charge in [-0.1, -0.05) is 20.8 Å². The molecule has 5 rings (SSSR count). The van der Waals surface area contributed by atoms with E-state index < -0.39 is 6.04 Å². The van der Waals surface area contributed by atoms with Crippen molar-refractivity contribution in [3.05, 3.63) is 24.2 Å². The molecule has 1 saturated heterocycles. The van der Waals surface area contributed by atoms with Gasteiger partial charge in [0.25, 0.3) is 5.91 Å². The lowest BCUT2D eigenvalue weighted by atomic mass is 9.45. The van der Waals surface area contributed by atoms with E-state index >= 15 is 0 Å². The highest BCUT2D eigenvalue weighted by Crippen LogP contribution is 2.61. The highest BCUT2D eigenvalue weighted by molar-refractivity contribution is 5.95. The van der Waals surface area contributed by atoms with Crippen LogP contribution in [-0.4, -0.2) is 35.5 Å². The molecule has 25 heavy (non-hydrogen) atoms. The van der Waals surface area contributed by atoms with E-state index in [1.54, 1.807) is 17.0 Å². The Morgan fingerprint density at radius 2 is 2.12 bits per heavy atom. The minimum Gasteiger partial charge on any atom is -0.461 e. The van der Waals surface area contributed by atoms with E-state index in [2.05, 4.69) is 20.8 Å². The number of rotatable bonds is 3. The summed E-state index contributed by atoms with van der Waals surface area (Å²) in [6, 6.07) is 2.85. The SMILES string of the molecule is C[C@H]1[C@H]2C[C@H](C[C@H]1OC(=O)[C@@H]1CCCN1C(=O)c1ccco1)C2(C)C. The van der Waals surface area contributed by atoms with Gasteiger partial charge in [-0.3, -0.25) is 4.79 Å². The van der Waals surface area contributed by atoms with Crippen molar-refractivity contribution in [2.45, 2.75) is 58.6 Å². The number of furan rings is 1. The summed E-state index contributed by atoms with van der Waals surface area (Å²) < 4.78 is 11.1. The molecule has 4 aliphatic rings. The number of hydrogen-bond acceptors (Lipinski definition) is 4. The van der Waals surface area contributed by atoms with Gasteiger partial charge in [0.1, 0.15) is 12.1 Å². The molecular weight excluding hydrogens is 318 g/mol. The Morgan fingerprint density at radius 3 is 2.76 bits per heavy atom. The number of carbonyl (C=O) groups excluding carboxylic acids is 2. The normalized spacial score (nSPS) is 36.0. The van der Waals surface area contributed by atoms with Gasteiger partial charge >= 0.3 is 5.97 Å². The summed E-state index contributed by atoms with van der Waals surface area (Å²) in [6.07, 6.45) is 5.18. The Balaban J connectivity index is 1.42. The summed E-state index contributed by atoms with van der Waals surface area (Å²) in [7, 11) is 0. The van der Waals surface area contributed by atoms with Crippen molar-refractivity contribution >= 4 is 11.9 Å². The second-order valence-electron chi connectivity index (χ2n) is 8.56. The fourth-order valence-corrected chi connectivity index (χ4v) is 5.28. The minimum atomic E-state index is -0.476. The molecule has 0 unspecified atom stereocenters. The second kappa shape index (κ2) is 5.89. The summed E-state index contributed by atoms with van der Waals surface area (Å²) in [5.74, 6) is 1.50.